The average molecular weight is 306 g/mol. The predicted molar refractivity (Wildman–Crippen MR) is 89.7 cm³/mol. The van der Waals surface area contributed by atoms with Crippen LogP contribution in [0, 0.1) is 0 Å². The van der Waals surface area contributed by atoms with Gasteiger partial charge in [0.2, 0.25) is 5.91 Å². The van der Waals surface area contributed by atoms with Crippen LogP contribution in [0.2, 0.25) is 0 Å². The molecule has 2 N–H and O–H groups in total. The van der Waals surface area contributed by atoms with Crippen LogP contribution >= 0.6 is 0 Å². The second-order valence-electron chi connectivity index (χ2n) is 5.58. The Morgan fingerprint density at radius 1 is 1.04 bits per heavy atom. The Kier molecular flexibility index (Phi) is 4.24. The van der Waals surface area contributed by atoms with E-state index in [1.54, 1.807) is 11.0 Å². The molecule has 0 saturated carbocycles. The van der Waals surface area contributed by atoms with E-state index in [1.165, 1.54) is 11.6 Å². The molecule has 4 nitrogen and oxygen atoms in total. The molecule has 1 aliphatic heterocycles. The third-order valence-corrected chi connectivity index (χ3v) is 3.98. The molecule has 0 fully saturated rings. The summed E-state index contributed by atoms with van der Waals surface area (Å²) in [5.41, 5.74) is 8.70. The molecule has 1 aliphatic rings. The van der Waals surface area contributed by atoms with Gasteiger partial charge in [-0.3, -0.25) is 9.59 Å². The summed E-state index contributed by atoms with van der Waals surface area (Å²) in [7, 11) is 0. The van der Waals surface area contributed by atoms with Gasteiger partial charge in [-0.1, -0.05) is 48.5 Å². The molecular weight excluding hydrogens is 288 g/mol. The molecule has 2 aromatic rings. The first kappa shape index (κ1) is 15.0. The number of fused-ring (bicyclic) bond motifs is 1. The molecule has 1 heterocycles. The standard InChI is InChI=1S/C19H18N2O2/c20-18(22)12-15-13-21(11-10-14-6-2-1-3-7-14)19(23)17-9-5-4-8-16(15)17/h1-9,12H,10-11,13H2,(H2,20,22)/b15-12+. The number of primary amides is 1. The highest BCUT2D eigenvalue weighted by Gasteiger charge is 2.27. The summed E-state index contributed by atoms with van der Waals surface area (Å²) in [4.78, 5) is 25.7. The summed E-state index contributed by atoms with van der Waals surface area (Å²) in [5.74, 6) is -0.495. The van der Waals surface area contributed by atoms with Crippen molar-refractivity contribution in [2.24, 2.45) is 5.73 Å². The summed E-state index contributed by atoms with van der Waals surface area (Å²) in [5, 5.41) is 0. The summed E-state index contributed by atoms with van der Waals surface area (Å²) in [6.07, 6.45) is 2.19. The van der Waals surface area contributed by atoms with Crippen molar-refractivity contribution < 1.29 is 9.59 Å². The van der Waals surface area contributed by atoms with Gasteiger partial charge in [0.05, 0.1) is 0 Å². The molecule has 116 valence electrons. The van der Waals surface area contributed by atoms with Crippen molar-refractivity contribution in [1.29, 1.82) is 0 Å². The fraction of sp³-hybridized carbons (Fsp3) is 0.158. The number of rotatable bonds is 4. The zero-order valence-electron chi connectivity index (χ0n) is 12.7. The second kappa shape index (κ2) is 6.48. The summed E-state index contributed by atoms with van der Waals surface area (Å²) in [6, 6.07) is 17.4. The van der Waals surface area contributed by atoms with Gasteiger partial charge in [-0.05, 0) is 29.2 Å². The van der Waals surface area contributed by atoms with E-state index < -0.39 is 5.91 Å². The van der Waals surface area contributed by atoms with E-state index in [1.807, 2.05) is 48.5 Å². The molecule has 0 unspecified atom stereocenters. The van der Waals surface area contributed by atoms with Crippen LogP contribution in [0.1, 0.15) is 21.5 Å². The lowest BCUT2D eigenvalue weighted by Crippen LogP contribution is -2.38. The zero-order chi connectivity index (χ0) is 16.2. The second-order valence-corrected chi connectivity index (χ2v) is 5.58. The van der Waals surface area contributed by atoms with E-state index in [0.29, 0.717) is 18.7 Å². The number of amides is 2. The molecule has 3 rings (SSSR count). The fourth-order valence-corrected chi connectivity index (χ4v) is 2.87. The smallest absolute Gasteiger partial charge is 0.254 e. The monoisotopic (exact) mass is 306 g/mol. The Morgan fingerprint density at radius 2 is 1.70 bits per heavy atom. The van der Waals surface area contributed by atoms with Crippen molar-refractivity contribution in [1.82, 2.24) is 4.90 Å². The molecular formula is C19H18N2O2. The van der Waals surface area contributed by atoms with E-state index in [0.717, 1.165) is 17.6 Å². The molecule has 0 bridgehead atoms. The first-order valence-corrected chi connectivity index (χ1v) is 7.58. The Balaban J connectivity index is 1.86. The van der Waals surface area contributed by atoms with Crippen LogP contribution in [0.5, 0.6) is 0 Å². The maximum absolute atomic E-state index is 12.7. The van der Waals surface area contributed by atoms with Gasteiger partial charge < -0.3 is 10.6 Å². The van der Waals surface area contributed by atoms with Crippen LogP contribution in [0.4, 0.5) is 0 Å². The normalized spacial score (nSPS) is 15.6. The molecule has 2 aromatic carbocycles. The van der Waals surface area contributed by atoms with Crippen LogP contribution in [0.25, 0.3) is 5.57 Å². The molecule has 0 spiro atoms. The van der Waals surface area contributed by atoms with Crippen molar-refractivity contribution in [3.05, 3.63) is 77.4 Å². The highest BCUT2D eigenvalue weighted by Crippen LogP contribution is 2.27. The van der Waals surface area contributed by atoms with Crippen LogP contribution in [-0.4, -0.2) is 29.8 Å². The average Bonchev–Trinajstić information content (AvgIpc) is 2.57. The number of hydrogen-bond acceptors (Lipinski definition) is 2. The molecule has 0 aliphatic carbocycles. The highest BCUT2D eigenvalue weighted by atomic mass is 16.2. The van der Waals surface area contributed by atoms with Crippen molar-refractivity contribution in [2.45, 2.75) is 6.42 Å². The third-order valence-electron chi connectivity index (χ3n) is 3.98. The number of carbonyl (C=O) groups is 2. The minimum atomic E-state index is -0.493. The minimum Gasteiger partial charge on any atom is -0.366 e. The molecule has 0 saturated heterocycles. The SMILES string of the molecule is NC(=O)/C=C1\CN(CCc2ccccc2)C(=O)c2ccccc21. The maximum Gasteiger partial charge on any atom is 0.254 e. The highest BCUT2D eigenvalue weighted by molar-refractivity contribution is 6.05. The molecule has 0 atom stereocenters. The van der Waals surface area contributed by atoms with Crippen molar-refractivity contribution in [3.63, 3.8) is 0 Å². The van der Waals surface area contributed by atoms with E-state index in [-0.39, 0.29) is 5.91 Å². The van der Waals surface area contributed by atoms with Crippen LogP contribution in [-0.2, 0) is 11.2 Å². The third kappa shape index (κ3) is 3.31. The van der Waals surface area contributed by atoms with Crippen LogP contribution in [0.15, 0.2) is 60.7 Å². The van der Waals surface area contributed by atoms with E-state index in [2.05, 4.69) is 0 Å². The van der Waals surface area contributed by atoms with Crippen molar-refractivity contribution in [2.75, 3.05) is 13.1 Å². The fourth-order valence-electron chi connectivity index (χ4n) is 2.87. The molecule has 4 heteroatoms. The lowest BCUT2D eigenvalue weighted by atomic mass is 9.93. The number of nitrogens with zero attached hydrogens (tertiary/aromatic N) is 1. The van der Waals surface area contributed by atoms with Crippen molar-refractivity contribution in [3.8, 4) is 0 Å². The Morgan fingerprint density at radius 3 is 2.39 bits per heavy atom. The molecule has 0 aromatic heterocycles. The Hall–Kier alpha value is -2.88. The van der Waals surface area contributed by atoms with Gasteiger partial charge in [0.15, 0.2) is 0 Å². The van der Waals surface area contributed by atoms with Gasteiger partial charge in [0.1, 0.15) is 0 Å². The van der Waals surface area contributed by atoms with E-state index >= 15 is 0 Å². The first-order valence-electron chi connectivity index (χ1n) is 7.58. The summed E-state index contributed by atoms with van der Waals surface area (Å²) < 4.78 is 0. The number of carbonyl (C=O) groups excluding carboxylic acids is 2. The molecule has 2 amide bonds. The van der Waals surface area contributed by atoms with E-state index in [9.17, 15) is 9.59 Å². The quantitative estimate of drug-likeness (QED) is 0.881. The van der Waals surface area contributed by atoms with E-state index in [4.69, 9.17) is 5.73 Å². The lowest BCUT2D eigenvalue weighted by Gasteiger charge is -2.30. The van der Waals surface area contributed by atoms with Gasteiger partial charge in [-0.2, -0.15) is 0 Å². The first-order chi connectivity index (χ1) is 11.1. The Labute approximate surface area is 135 Å². The van der Waals surface area contributed by atoms with Crippen LogP contribution in [0.3, 0.4) is 0 Å². The van der Waals surface area contributed by atoms with Gasteiger partial charge in [-0.25, -0.2) is 0 Å². The molecule has 0 radical (unpaired) electrons. The zero-order valence-corrected chi connectivity index (χ0v) is 12.7. The predicted octanol–water partition coefficient (Wildman–Crippen LogP) is 2.25. The van der Waals surface area contributed by atoms with Gasteiger partial charge >= 0.3 is 0 Å². The summed E-state index contributed by atoms with van der Waals surface area (Å²) in [6.45, 7) is 1.01. The van der Waals surface area contributed by atoms with Gasteiger partial charge in [0.25, 0.3) is 5.91 Å². The maximum atomic E-state index is 12.7. The minimum absolute atomic E-state index is 0.00171. The Bertz CT molecular complexity index is 766. The van der Waals surface area contributed by atoms with Gasteiger partial charge in [-0.15, -0.1) is 0 Å². The largest absolute Gasteiger partial charge is 0.366 e. The van der Waals surface area contributed by atoms with Gasteiger partial charge in [0, 0.05) is 24.7 Å². The lowest BCUT2D eigenvalue weighted by molar-refractivity contribution is -0.113. The summed E-state index contributed by atoms with van der Waals surface area (Å²) >= 11 is 0. The number of benzene rings is 2. The van der Waals surface area contributed by atoms with Crippen LogP contribution < -0.4 is 5.73 Å². The van der Waals surface area contributed by atoms with Crippen molar-refractivity contribution >= 4 is 17.4 Å². The number of hydrogen-bond donors (Lipinski definition) is 1. The topological polar surface area (TPSA) is 63.4 Å². The number of nitrogens with two attached hydrogens (primary N) is 1. The molecule has 23 heavy (non-hydrogen) atoms.